The number of nitrogens with zero attached hydrogens (tertiary/aromatic N) is 3. The molecule has 2 aromatic rings. The van der Waals surface area contributed by atoms with Crippen molar-refractivity contribution in [2.45, 2.75) is 20.8 Å². The smallest absolute Gasteiger partial charge is 0.170 e. The molecule has 100 valence electrons. The van der Waals surface area contributed by atoms with Crippen LogP contribution in [-0.2, 0) is 0 Å². The summed E-state index contributed by atoms with van der Waals surface area (Å²) in [4.78, 5) is 0. The fraction of sp³-hybridized carbons (Fsp3) is 0.231. The van der Waals surface area contributed by atoms with Crippen molar-refractivity contribution in [3.8, 4) is 5.69 Å². The number of aryl methyl sites for hydroxylation is 1. The van der Waals surface area contributed by atoms with Gasteiger partial charge in [0.2, 0.25) is 0 Å². The molecule has 5 nitrogen and oxygen atoms in total. The Kier molecular flexibility index (Phi) is 3.48. The molecule has 6 heteroatoms. The number of amidine groups is 1. The summed E-state index contributed by atoms with van der Waals surface area (Å²) >= 11 is 6.25. The van der Waals surface area contributed by atoms with E-state index in [-0.39, 0.29) is 5.84 Å². The second-order valence-corrected chi connectivity index (χ2v) is 4.77. The Morgan fingerprint density at radius 3 is 2.53 bits per heavy atom. The Morgan fingerprint density at radius 1 is 1.37 bits per heavy atom. The van der Waals surface area contributed by atoms with E-state index in [1.54, 1.807) is 22.9 Å². The van der Waals surface area contributed by atoms with Crippen molar-refractivity contribution in [1.82, 2.24) is 9.78 Å². The summed E-state index contributed by atoms with van der Waals surface area (Å²) in [5.41, 5.74) is 10.0. The van der Waals surface area contributed by atoms with Crippen LogP contribution in [0.3, 0.4) is 0 Å². The van der Waals surface area contributed by atoms with Gasteiger partial charge in [0, 0.05) is 11.3 Å². The molecule has 0 saturated carbocycles. The molecule has 1 heterocycles. The van der Waals surface area contributed by atoms with Gasteiger partial charge in [-0.1, -0.05) is 16.8 Å². The van der Waals surface area contributed by atoms with Crippen molar-refractivity contribution in [2.24, 2.45) is 10.9 Å². The fourth-order valence-electron chi connectivity index (χ4n) is 1.85. The van der Waals surface area contributed by atoms with Crippen LogP contribution in [0.25, 0.3) is 5.69 Å². The van der Waals surface area contributed by atoms with Gasteiger partial charge in [0.15, 0.2) is 5.84 Å². The van der Waals surface area contributed by atoms with Crippen LogP contribution >= 0.6 is 11.6 Å². The average Bonchev–Trinajstić information content (AvgIpc) is 2.65. The SMILES string of the molecule is Cc1nn(-c2ccc(C(N)=NO)cc2Cl)c(C)c1C. The number of rotatable bonds is 2. The third-order valence-electron chi connectivity index (χ3n) is 3.23. The second-order valence-electron chi connectivity index (χ2n) is 4.36. The summed E-state index contributed by atoms with van der Waals surface area (Å²) in [6.07, 6.45) is 0. The highest BCUT2D eigenvalue weighted by atomic mass is 35.5. The van der Waals surface area contributed by atoms with E-state index in [9.17, 15) is 0 Å². The minimum atomic E-state index is 0.0259. The van der Waals surface area contributed by atoms with E-state index in [1.165, 1.54) is 0 Å². The van der Waals surface area contributed by atoms with Gasteiger partial charge < -0.3 is 10.9 Å². The number of oxime groups is 1. The highest BCUT2D eigenvalue weighted by Crippen LogP contribution is 2.24. The maximum absolute atomic E-state index is 8.65. The van der Waals surface area contributed by atoms with E-state index in [2.05, 4.69) is 10.3 Å². The standard InChI is InChI=1S/C13H15ClN4O/c1-7-8(2)16-18(9(7)3)12-5-4-10(6-11(12)14)13(15)17-19/h4-6,19H,1-3H3,(H2,15,17). The fourth-order valence-corrected chi connectivity index (χ4v) is 2.11. The van der Waals surface area contributed by atoms with Gasteiger partial charge in [-0.2, -0.15) is 5.10 Å². The van der Waals surface area contributed by atoms with Gasteiger partial charge in [-0.3, -0.25) is 0 Å². The largest absolute Gasteiger partial charge is 0.409 e. The van der Waals surface area contributed by atoms with Crippen LogP contribution in [0.1, 0.15) is 22.5 Å². The molecule has 1 aromatic carbocycles. The minimum Gasteiger partial charge on any atom is -0.409 e. The number of benzene rings is 1. The van der Waals surface area contributed by atoms with Crippen LogP contribution in [0.4, 0.5) is 0 Å². The monoisotopic (exact) mass is 278 g/mol. The predicted molar refractivity (Wildman–Crippen MR) is 75.3 cm³/mol. The quantitative estimate of drug-likeness (QED) is 0.384. The summed E-state index contributed by atoms with van der Waals surface area (Å²) in [6.45, 7) is 5.97. The number of hydrogen-bond donors (Lipinski definition) is 2. The van der Waals surface area contributed by atoms with Crippen molar-refractivity contribution in [3.05, 3.63) is 45.7 Å². The lowest BCUT2D eigenvalue weighted by Crippen LogP contribution is -2.13. The molecule has 0 aliphatic carbocycles. The average molecular weight is 279 g/mol. The first kappa shape index (κ1) is 13.4. The first-order valence-corrected chi connectivity index (χ1v) is 6.14. The van der Waals surface area contributed by atoms with Crippen molar-refractivity contribution in [1.29, 1.82) is 0 Å². The van der Waals surface area contributed by atoms with E-state index in [0.717, 1.165) is 22.6 Å². The highest BCUT2D eigenvalue weighted by Gasteiger charge is 2.12. The highest BCUT2D eigenvalue weighted by molar-refractivity contribution is 6.32. The molecular formula is C13H15ClN4O. The molecule has 0 aliphatic heterocycles. The summed E-state index contributed by atoms with van der Waals surface area (Å²) in [7, 11) is 0. The molecule has 2 rings (SSSR count). The van der Waals surface area contributed by atoms with E-state index >= 15 is 0 Å². The van der Waals surface area contributed by atoms with Crippen LogP contribution in [0.5, 0.6) is 0 Å². The Labute approximate surface area is 116 Å². The van der Waals surface area contributed by atoms with Crippen molar-refractivity contribution in [3.63, 3.8) is 0 Å². The zero-order valence-corrected chi connectivity index (χ0v) is 11.7. The van der Waals surface area contributed by atoms with Gasteiger partial charge in [0.25, 0.3) is 0 Å². The molecule has 0 radical (unpaired) electrons. The van der Waals surface area contributed by atoms with Gasteiger partial charge in [-0.05, 0) is 44.5 Å². The van der Waals surface area contributed by atoms with Gasteiger partial charge in [-0.15, -0.1) is 0 Å². The molecule has 3 N–H and O–H groups in total. The van der Waals surface area contributed by atoms with Gasteiger partial charge in [0.05, 0.1) is 16.4 Å². The molecule has 0 fully saturated rings. The van der Waals surface area contributed by atoms with Gasteiger partial charge in [0.1, 0.15) is 0 Å². The third-order valence-corrected chi connectivity index (χ3v) is 3.54. The summed E-state index contributed by atoms with van der Waals surface area (Å²) in [5, 5.41) is 16.6. The Morgan fingerprint density at radius 2 is 2.05 bits per heavy atom. The minimum absolute atomic E-state index is 0.0259. The molecular weight excluding hydrogens is 264 g/mol. The number of hydrogen-bond acceptors (Lipinski definition) is 3. The second kappa shape index (κ2) is 4.93. The van der Waals surface area contributed by atoms with E-state index in [4.69, 9.17) is 22.5 Å². The normalized spacial score (nSPS) is 11.9. The lowest BCUT2D eigenvalue weighted by Gasteiger charge is -2.08. The van der Waals surface area contributed by atoms with Crippen molar-refractivity contribution < 1.29 is 5.21 Å². The van der Waals surface area contributed by atoms with Gasteiger partial charge in [-0.25, -0.2) is 4.68 Å². The Balaban J connectivity index is 2.55. The first-order chi connectivity index (χ1) is 8.95. The maximum atomic E-state index is 8.65. The van der Waals surface area contributed by atoms with Crippen molar-refractivity contribution in [2.75, 3.05) is 0 Å². The van der Waals surface area contributed by atoms with Crippen LogP contribution in [0, 0.1) is 20.8 Å². The van der Waals surface area contributed by atoms with Crippen molar-refractivity contribution >= 4 is 17.4 Å². The summed E-state index contributed by atoms with van der Waals surface area (Å²) in [6, 6.07) is 5.19. The predicted octanol–water partition coefficient (Wildman–Crippen LogP) is 2.55. The summed E-state index contributed by atoms with van der Waals surface area (Å²) < 4.78 is 1.79. The molecule has 0 saturated heterocycles. The lowest BCUT2D eigenvalue weighted by atomic mass is 10.2. The molecule has 0 amide bonds. The third kappa shape index (κ3) is 2.29. The topological polar surface area (TPSA) is 76.4 Å². The molecule has 0 unspecified atom stereocenters. The molecule has 0 atom stereocenters. The van der Waals surface area contributed by atoms with E-state index in [1.807, 2.05) is 20.8 Å². The Hall–Kier alpha value is -2.01. The van der Waals surface area contributed by atoms with Crippen LogP contribution in [0.15, 0.2) is 23.4 Å². The van der Waals surface area contributed by atoms with Crippen LogP contribution < -0.4 is 5.73 Å². The summed E-state index contributed by atoms with van der Waals surface area (Å²) in [5.74, 6) is 0.0259. The number of aromatic nitrogens is 2. The Bertz CT molecular complexity index is 661. The molecule has 0 bridgehead atoms. The zero-order chi connectivity index (χ0) is 14.2. The van der Waals surface area contributed by atoms with E-state index in [0.29, 0.717) is 10.6 Å². The van der Waals surface area contributed by atoms with Gasteiger partial charge >= 0.3 is 0 Å². The molecule has 1 aromatic heterocycles. The molecule has 0 spiro atoms. The number of nitrogens with two attached hydrogens (primary N) is 1. The van der Waals surface area contributed by atoms with Crippen LogP contribution in [-0.4, -0.2) is 20.8 Å². The lowest BCUT2D eigenvalue weighted by molar-refractivity contribution is 0.318. The van der Waals surface area contributed by atoms with E-state index < -0.39 is 0 Å². The first-order valence-electron chi connectivity index (χ1n) is 5.76. The number of halogens is 1. The maximum Gasteiger partial charge on any atom is 0.170 e. The molecule has 19 heavy (non-hydrogen) atoms. The van der Waals surface area contributed by atoms with Crippen LogP contribution in [0.2, 0.25) is 5.02 Å². The molecule has 0 aliphatic rings. The zero-order valence-electron chi connectivity index (χ0n) is 11.0.